The Labute approximate surface area is 195 Å². The maximum absolute atomic E-state index is 13.1. The Balaban J connectivity index is 1.25. The molecule has 0 radical (unpaired) electrons. The molecule has 1 aromatic heterocycles. The van der Waals surface area contributed by atoms with E-state index in [9.17, 15) is 18.0 Å². The van der Waals surface area contributed by atoms with Crippen LogP contribution in [0.1, 0.15) is 0 Å². The lowest BCUT2D eigenvalue weighted by Crippen LogP contribution is -2.51. The first-order valence-corrected chi connectivity index (χ1v) is 12.3. The van der Waals surface area contributed by atoms with Gasteiger partial charge < -0.3 is 9.32 Å². The minimum atomic E-state index is -3.68. The fourth-order valence-corrected chi connectivity index (χ4v) is 5.44. The topological polar surface area (TPSA) is 106 Å². The van der Waals surface area contributed by atoms with Crippen molar-refractivity contribution in [3.8, 4) is 11.5 Å². The number of rotatable bonds is 5. The first-order chi connectivity index (χ1) is 16.4. The molecule has 10 heteroatoms. The van der Waals surface area contributed by atoms with E-state index in [4.69, 9.17) is 4.42 Å². The van der Waals surface area contributed by atoms with Crippen LogP contribution in [0.4, 0.5) is 0 Å². The third-order valence-corrected chi connectivity index (χ3v) is 7.76. The largest absolute Gasteiger partial charge is 0.437 e. The third kappa shape index (κ3) is 4.25. The standard InChI is InChI=1S/C24H22N4O5S/c29-22(17-28-24(30)33-23(25-28)19-7-2-1-3-8-19)26-12-14-27(15-13-26)34(31,32)21-11-10-18-6-4-5-9-20(18)16-21/h1-11,16H,12-15,17H2. The number of hydrogen-bond donors (Lipinski definition) is 0. The number of aromatic nitrogens is 2. The molecule has 34 heavy (non-hydrogen) atoms. The predicted octanol–water partition coefficient (Wildman–Crippen LogP) is 2.19. The van der Waals surface area contributed by atoms with Crippen LogP contribution in [0.15, 0.2) is 86.9 Å². The van der Waals surface area contributed by atoms with Gasteiger partial charge >= 0.3 is 5.76 Å². The Bertz CT molecular complexity index is 1500. The fourth-order valence-electron chi connectivity index (χ4n) is 3.99. The van der Waals surface area contributed by atoms with Gasteiger partial charge in [-0.3, -0.25) is 4.79 Å². The van der Waals surface area contributed by atoms with Gasteiger partial charge in [-0.2, -0.15) is 8.99 Å². The second-order valence-electron chi connectivity index (χ2n) is 7.99. The SMILES string of the molecule is O=C(Cn1nc(-c2ccccc2)oc1=O)N1CCN(S(=O)(=O)c2ccc3ccccc3c2)CC1. The van der Waals surface area contributed by atoms with Crippen LogP contribution in [0.3, 0.4) is 0 Å². The van der Waals surface area contributed by atoms with E-state index in [1.807, 2.05) is 30.3 Å². The lowest BCUT2D eigenvalue weighted by atomic mass is 10.1. The minimum Gasteiger partial charge on any atom is -0.388 e. The Morgan fingerprint density at radius 3 is 2.29 bits per heavy atom. The average molecular weight is 479 g/mol. The first-order valence-electron chi connectivity index (χ1n) is 10.8. The highest BCUT2D eigenvalue weighted by Gasteiger charge is 2.30. The van der Waals surface area contributed by atoms with E-state index in [0.29, 0.717) is 5.56 Å². The van der Waals surface area contributed by atoms with Gasteiger partial charge in [-0.25, -0.2) is 13.2 Å². The summed E-state index contributed by atoms with van der Waals surface area (Å²) in [5, 5.41) is 5.94. The number of nitrogens with zero attached hydrogens (tertiary/aromatic N) is 4. The summed E-state index contributed by atoms with van der Waals surface area (Å²) >= 11 is 0. The molecule has 0 saturated carbocycles. The molecule has 1 amide bonds. The highest BCUT2D eigenvalue weighted by Crippen LogP contribution is 2.23. The normalized spacial score (nSPS) is 15.0. The van der Waals surface area contributed by atoms with Crippen molar-refractivity contribution in [2.24, 2.45) is 0 Å². The second-order valence-corrected chi connectivity index (χ2v) is 9.93. The molecule has 174 valence electrons. The van der Waals surface area contributed by atoms with Crippen LogP contribution in [-0.4, -0.2) is 59.5 Å². The zero-order valence-electron chi connectivity index (χ0n) is 18.2. The second kappa shape index (κ2) is 8.88. The number of carbonyl (C=O) groups is 1. The highest BCUT2D eigenvalue weighted by atomic mass is 32.2. The van der Waals surface area contributed by atoms with Crippen LogP contribution >= 0.6 is 0 Å². The quantitative estimate of drug-likeness (QED) is 0.435. The molecular formula is C24H22N4O5S. The summed E-state index contributed by atoms with van der Waals surface area (Å²) in [6.07, 6.45) is 0. The average Bonchev–Trinajstić information content (AvgIpc) is 3.24. The molecule has 1 fully saturated rings. The monoisotopic (exact) mass is 478 g/mol. The van der Waals surface area contributed by atoms with Crippen molar-refractivity contribution in [3.05, 3.63) is 83.3 Å². The van der Waals surface area contributed by atoms with Gasteiger partial charge in [0.25, 0.3) is 0 Å². The van der Waals surface area contributed by atoms with Crippen LogP contribution in [0.5, 0.6) is 0 Å². The first kappa shape index (κ1) is 22.1. The van der Waals surface area contributed by atoms with E-state index < -0.39 is 15.8 Å². The van der Waals surface area contributed by atoms with Crippen molar-refractivity contribution in [1.82, 2.24) is 19.0 Å². The third-order valence-electron chi connectivity index (χ3n) is 5.86. The molecule has 4 aromatic rings. The minimum absolute atomic E-state index is 0.143. The molecule has 0 bridgehead atoms. The van der Waals surface area contributed by atoms with Crippen LogP contribution in [0.2, 0.25) is 0 Å². The van der Waals surface area contributed by atoms with Gasteiger partial charge in [-0.1, -0.05) is 48.5 Å². The van der Waals surface area contributed by atoms with Crippen molar-refractivity contribution in [2.75, 3.05) is 26.2 Å². The van der Waals surface area contributed by atoms with Crippen molar-refractivity contribution in [1.29, 1.82) is 0 Å². The van der Waals surface area contributed by atoms with Gasteiger partial charge in [-0.15, -0.1) is 5.10 Å². The number of fused-ring (bicyclic) bond motifs is 1. The predicted molar refractivity (Wildman–Crippen MR) is 125 cm³/mol. The fraction of sp³-hybridized carbons (Fsp3) is 0.208. The molecule has 2 heterocycles. The molecule has 1 aliphatic rings. The van der Waals surface area contributed by atoms with Crippen molar-refractivity contribution >= 4 is 26.7 Å². The summed E-state index contributed by atoms with van der Waals surface area (Å²) in [6.45, 7) is 0.522. The molecule has 3 aromatic carbocycles. The van der Waals surface area contributed by atoms with Crippen LogP contribution < -0.4 is 5.76 Å². The molecule has 0 N–H and O–H groups in total. The molecule has 5 rings (SSSR count). The molecular weight excluding hydrogens is 456 g/mol. The summed E-state index contributed by atoms with van der Waals surface area (Å²) < 4.78 is 33.8. The molecule has 1 aliphatic heterocycles. The maximum Gasteiger partial charge on any atom is 0.437 e. The van der Waals surface area contributed by atoms with Gasteiger partial charge in [0, 0.05) is 31.7 Å². The number of hydrogen-bond acceptors (Lipinski definition) is 6. The molecule has 0 unspecified atom stereocenters. The summed E-state index contributed by atoms with van der Waals surface area (Å²) in [7, 11) is -3.68. The zero-order chi connectivity index (χ0) is 23.7. The highest BCUT2D eigenvalue weighted by molar-refractivity contribution is 7.89. The van der Waals surface area contributed by atoms with Gasteiger partial charge in [0.1, 0.15) is 6.54 Å². The Morgan fingerprint density at radius 1 is 0.882 bits per heavy atom. The number of piperazine rings is 1. The van der Waals surface area contributed by atoms with Gasteiger partial charge in [0.15, 0.2) is 0 Å². The smallest absolute Gasteiger partial charge is 0.388 e. The zero-order valence-corrected chi connectivity index (χ0v) is 19.0. The van der Waals surface area contributed by atoms with Crippen LogP contribution in [0, 0.1) is 0 Å². The molecule has 0 spiro atoms. The van der Waals surface area contributed by atoms with E-state index in [1.165, 1.54) is 9.21 Å². The van der Waals surface area contributed by atoms with E-state index in [0.717, 1.165) is 15.5 Å². The van der Waals surface area contributed by atoms with Gasteiger partial charge in [-0.05, 0) is 35.0 Å². The van der Waals surface area contributed by atoms with E-state index in [-0.39, 0.29) is 49.4 Å². The van der Waals surface area contributed by atoms with Crippen molar-refractivity contribution < 1.29 is 17.6 Å². The number of carbonyl (C=O) groups excluding carboxylic acids is 1. The summed E-state index contributed by atoms with van der Waals surface area (Å²) in [6, 6.07) is 21.6. The number of amides is 1. The molecule has 0 atom stereocenters. The van der Waals surface area contributed by atoms with Gasteiger partial charge in [0.05, 0.1) is 4.90 Å². The van der Waals surface area contributed by atoms with Crippen molar-refractivity contribution in [3.63, 3.8) is 0 Å². The number of sulfonamides is 1. The summed E-state index contributed by atoms with van der Waals surface area (Å²) in [4.78, 5) is 26.7. The Morgan fingerprint density at radius 2 is 1.56 bits per heavy atom. The van der Waals surface area contributed by atoms with E-state index in [2.05, 4.69) is 5.10 Å². The molecule has 9 nitrogen and oxygen atoms in total. The van der Waals surface area contributed by atoms with Crippen molar-refractivity contribution in [2.45, 2.75) is 11.4 Å². The van der Waals surface area contributed by atoms with Crippen LogP contribution in [0.25, 0.3) is 22.2 Å². The lowest BCUT2D eigenvalue weighted by Gasteiger charge is -2.34. The molecule has 0 aliphatic carbocycles. The molecule has 1 saturated heterocycles. The summed E-state index contributed by atoms with van der Waals surface area (Å²) in [5.41, 5.74) is 0.637. The Hall–Kier alpha value is -3.76. The van der Waals surface area contributed by atoms with Crippen LogP contribution in [-0.2, 0) is 21.4 Å². The van der Waals surface area contributed by atoms with E-state index in [1.54, 1.807) is 42.5 Å². The summed E-state index contributed by atoms with van der Waals surface area (Å²) in [5.74, 6) is -0.896. The van der Waals surface area contributed by atoms with E-state index >= 15 is 0 Å². The van der Waals surface area contributed by atoms with Gasteiger partial charge in [0.2, 0.25) is 21.8 Å². The Kier molecular flexibility index (Phi) is 5.76. The lowest BCUT2D eigenvalue weighted by molar-refractivity contribution is -0.133. The number of benzene rings is 3. The maximum atomic E-state index is 13.1.